The Kier molecular flexibility index (Phi) is 4.21. The highest BCUT2D eigenvalue weighted by Gasteiger charge is 2.67. The number of carbonyl (C=O) groups is 3. The van der Waals surface area contributed by atoms with Crippen LogP contribution in [0.3, 0.4) is 0 Å². The summed E-state index contributed by atoms with van der Waals surface area (Å²) < 4.78 is 5.81. The van der Waals surface area contributed by atoms with Gasteiger partial charge in [-0.05, 0) is 81.1 Å². The molecule has 4 rings (SSSR count). The molecule has 4 aliphatic rings. The number of rotatable bonds is 2. The summed E-state index contributed by atoms with van der Waals surface area (Å²) >= 11 is 0. The number of fused-ring (bicyclic) bond motifs is 5. The Balaban J connectivity index is 1.70. The van der Waals surface area contributed by atoms with E-state index in [1.165, 1.54) is 12.5 Å². The predicted molar refractivity (Wildman–Crippen MR) is 102 cm³/mol. The van der Waals surface area contributed by atoms with E-state index in [4.69, 9.17) is 4.74 Å². The van der Waals surface area contributed by atoms with E-state index in [-0.39, 0.29) is 28.4 Å². The average Bonchev–Trinajstić information content (AvgIpc) is 2.89. The van der Waals surface area contributed by atoms with E-state index in [0.717, 1.165) is 38.5 Å². The van der Waals surface area contributed by atoms with E-state index in [1.54, 1.807) is 6.92 Å². The number of ether oxygens (including phenoxy) is 1. The quantitative estimate of drug-likeness (QED) is 0.674. The van der Waals surface area contributed by atoms with Crippen LogP contribution in [0.25, 0.3) is 0 Å². The molecule has 3 saturated carbocycles. The summed E-state index contributed by atoms with van der Waals surface area (Å²) in [6.45, 7) is 7.58. The van der Waals surface area contributed by atoms with Crippen LogP contribution in [0.2, 0.25) is 0 Å². The second-order valence-electron chi connectivity index (χ2n) is 9.94. The topological polar surface area (TPSA) is 60.4 Å². The number of esters is 1. The Morgan fingerprint density at radius 1 is 1.00 bits per heavy atom. The van der Waals surface area contributed by atoms with Gasteiger partial charge in [-0.15, -0.1) is 0 Å². The third-order valence-corrected chi connectivity index (χ3v) is 8.97. The van der Waals surface area contributed by atoms with Gasteiger partial charge >= 0.3 is 5.97 Å². The van der Waals surface area contributed by atoms with Crippen LogP contribution in [0.5, 0.6) is 0 Å². The largest absolute Gasteiger partial charge is 0.451 e. The summed E-state index contributed by atoms with van der Waals surface area (Å²) in [5.41, 5.74) is 0.266. The minimum Gasteiger partial charge on any atom is -0.451 e. The maximum atomic E-state index is 12.7. The van der Waals surface area contributed by atoms with Crippen molar-refractivity contribution in [2.24, 2.45) is 28.6 Å². The third-order valence-electron chi connectivity index (χ3n) is 8.97. The maximum absolute atomic E-state index is 12.7. The fourth-order valence-corrected chi connectivity index (χ4v) is 7.62. The number of Topliss-reactive ketones (excluding diaryl/α,β-unsaturated/α-hetero) is 1. The lowest BCUT2D eigenvalue weighted by molar-refractivity contribution is -0.187. The number of hydrogen-bond donors (Lipinski definition) is 0. The van der Waals surface area contributed by atoms with Gasteiger partial charge in [0.15, 0.2) is 17.2 Å². The van der Waals surface area contributed by atoms with Crippen LogP contribution >= 0.6 is 0 Å². The molecule has 0 amide bonds. The van der Waals surface area contributed by atoms with Crippen molar-refractivity contribution in [3.05, 3.63) is 11.6 Å². The molecule has 0 bridgehead atoms. The Hall–Kier alpha value is -1.45. The molecule has 3 fully saturated rings. The van der Waals surface area contributed by atoms with Crippen LogP contribution in [-0.2, 0) is 19.1 Å². The van der Waals surface area contributed by atoms with Crippen LogP contribution in [0.4, 0.5) is 0 Å². The van der Waals surface area contributed by atoms with E-state index in [0.29, 0.717) is 30.6 Å². The molecule has 0 radical (unpaired) electrons. The van der Waals surface area contributed by atoms with Gasteiger partial charge in [0.2, 0.25) is 0 Å². The zero-order valence-electron chi connectivity index (χ0n) is 17.1. The highest BCUT2D eigenvalue weighted by Crippen LogP contribution is 2.68. The summed E-state index contributed by atoms with van der Waals surface area (Å²) in [5, 5.41) is 0. The average molecular weight is 373 g/mol. The molecule has 27 heavy (non-hydrogen) atoms. The highest BCUT2D eigenvalue weighted by atomic mass is 16.6. The Morgan fingerprint density at radius 3 is 2.37 bits per heavy atom. The first-order chi connectivity index (χ1) is 12.6. The Morgan fingerprint density at radius 2 is 1.70 bits per heavy atom. The molecule has 6 atom stereocenters. The lowest BCUT2D eigenvalue weighted by Gasteiger charge is -2.59. The molecule has 0 spiro atoms. The highest BCUT2D eigenvalue weighted by molar-refractivity contribution is 5.91. The summed E-state index contributed by atoms with van der Waals surface area (Å²) in [6.07, 6.45) is 9.23. The van der Waals surface area contributed by atoms with Crippen molar-refractivity contribution in [3.63, 3.8) is 0 Å². The number of ketones is 2. The molecule has 0 heterocycles. The molecule has 4 aliphatic carbocycles. The number of allylic oxidation sites excluding steroid dienone is 1. The van der Waals surface area contributed by atoms with Crippen LogP contribution in [-0.4, -0.2) is 23.1 Å². The standard InChI is InChI=1S/C23H32O4/c1-14(24)23(27-15(2)25)12-9-20-18-6-5-16-13-17(26)7-10-21(16,3)19(18)8-11-22(20,23)4/h13,18-20H,5-12H2,1-4H3/t18-,19-,20+,21-,22+,23-/m0/s1. The molecule has 0 unspecified atom stereocenters. The van der Waals surface area contributed by atoms with Crippen LogP contribution in [0.1, 0.15) is 79.1 Å². The molecule has 0 N–H and O–H groups in total. The molecule has 0 aliphatic heterocycles. The third kappa shape index (κ3) is 2.44. The molecule has 4 heteroatoms. The van der Waals surface area contributed by atoms with Crippen molar-refractivity contribution in [3.8, 4) is 0 Å². The second-order valence-corrected chi connectivity index (χ2v) is 9.94. The van der Waals surface area contributed by atoms with Crippen molar-refractivity contribution < 1.29 is 19.1 Å². The van der Waals surface area contributed by atoms with Crippen molar-refractivity contribution in [1.82, 2.24) is 0 Å². The van der Waals surface area contributed by atoms with E-state index >= 15 is 0 Å². The van der Waals surface area contributed by atoms with Crippen molar-refractivity contribution in [2.75, 3.05) is 0 Å². The molecule has 0 aromatic heterocycles. The maximum Gasteiger partial charge on any atom is 0.303 e. The van der Waals surface area contributed by atoms with Gasteiger partial charge in [0, 0.05) is 18.8 Å². The molecule has 0 aromatic rings. The van der Waals surface area contributed by atoms with E-state index in [1.807, 2.05) is 6.08 Å². The van der Waals surface area contributed by atoms with Crippen LogP contribution in [0, 0.1) is 28.6 Å². The lowest BCUT2D eigenvalue weighted by Crippen LogP contribution is -2.58. The van der Waals surface area contributed by atoms with Gasteiger partial charge in [0.05, 0.1) is 0 Å². The fourth-order valence-electron chi connectivity index (χ4n) is 7.62. The van der Waals surface area contributed by atoms with Gasteiger partial charge in [-0.1, -0.05) is 19.4 Å². The fraction of sp³-hybridized carbons (Fsp3) is 0.783. The zero-order chi connectivity index (χ0) is 19.6. The molecular weight excluding hydrogens is 340 g/mol. The lowest BCUT2D eigenvalue weighted by atomic mass is 9.46. The van der Waals surface area contributed by atoms with Gasteiger partial charge in [-0.25, -0.2) is 0 Å². The van der Waals surface area contributed by atoms with E-state index < -0.39 is 5.60 Å². The molecule has 0 saturated heterocycles. The SMILES string of the molecule is CC(=O)O[C@]1(C(C)=O)CC[C@@H]2[C@H]3CCC4=CC(=O)CC[C@]4(C)[C@H]3CC[C@]21C. The van der Waals surface area contributed by atoms with Gasteiger partial charge < -0.3 is 4.74 Å². The predicted octanol–water partition coefficient (Wildman–Crippen LogP) is 4.41. The summed E-state index contributed by atoms with van der Waals surface area (Å²) in [4.78, 5) is 36.5. The first-order valence-electron chi connectivity index (χ1n) is 10.6. The van der Waals surface area contributed by atoms with Crippen molar-refractivity contribution in [1.29, 1.82) is 0 Å². The molecule has 4 nitrogen and oxygen atoms in total. The van der Waals surface area contributed by atoms with Crippen molar-refractivity contribution in [2.45, 2.75) is 84.7 Å². The monoisotopic (exact) mass is 372 g/mol. The first kappa shape index (κ1) is 18.9. The zero-order valence-corrected chi connectivity index (χ0v) is 17.1. The Bertz CT molecular complexity index is 737. The minimum absolute atomic E-state index is 0.00650. The summed E-state index contributed by atoms with van der Waals surface area (Å²) in [6, 6.07) is 0. The van der Waals surface area contributed by atoms with Gasteiger partial charge in [0.1, 0.15) is 0 Å². The normalized spacial score (nSPS) is 46.0. The van der Waals surface area contributed by atoms with Crippen LogP contribution < -0.4 is 0 Å². The van der Waals surface area contributed by atoms with Crippen molar-refractivity contribution >= 4 is 17.5 Å². The smallest absolute Gasteiger partial charge is 0.303 e. The van der Waals surface area contributed by atoms with Gasteiger partial charge in [-0.2, -0.15) is 0 Å². The van der Waals surface area contributed by atoms with Crippen LogP contribution in [0.15, 0.2) is 11.6 Å². The molecular formula is C23H32O4. The minimum atomic E-state index is -0.950. The Labute approximate surface area is 162 Å². The number of hydrogen-bond acceptors (Lipinski definition) is 4. The summed E-state index contributed by atoms with van der Waals surface area (Å²) in [7, 11) is 0. The summed E-state index contributed by atoms with van der Waals surface area (Å²) in [5.74, 6) is 1.48. The molecule has 148 valence electrons. The van der Waals surface area contributed by atoms with Gasteiger partial charge in [-0.3, -0.25) is 14.4 Å². The van der Waals surface area contributed by atoms with Gasteiger partial charge in [0.25, 0.3) is 0 Å². The van der Waals surface area contributed by atoms with E-state index in [9.17, 15) is 14.4 Å². The molecule has 0 aromatic carbocycles. The first-order valence-corrected chi connectivity index (χ1v) is 10.6. The number of carbonyl (C=O) groups excluding carboxylic acids is 3. The van der Waals surface area contributed by atoms with E-state index in [2.05, 4.69) is 13.8 Å². The second kappa shape index (κ2) is 6.02.